The Bertz CT molecular complexity index is 1370. The van der Waals surface area contributed by atoms with Gasteiger partial charge in [0.05, 0.1) is 41.7 Å². The number of anilines is 3. The number of nitrogens with zero attached hydrogens (tertiary/aromatic N) is 6. The summed E-state index contributed by atoms with van der Waals surface area (Å²) in [5.41, 5.74) is 5.05. The van der Waals surface area contributed by atoms with Crippen molar-refractivity contribution in [2.75, 3.05) is 23.8 Å². The largest absolute Gasteiger partial charge is 0.379 e. The highest BCUT2D eigenvalue weighted by molar-refractivity contribution is 5.83. The number of fused-ring (bicyclic) bond motifs is 2. The maximum Gasteiger partial charge on any atom is 0.137 e. The highest BCUT2D eigenvalue weighted by Crippen LogP contribution is 2.33. The summed E-state index contributed by atoms with van der Waals surface area (Å²) in [4.78, 5) is 13.1. The average molecular weight is 424 g/mol. The van der Waals surface area contributed by atoms with E-state index in [2.05, 4.69) is 36.8 Å². The monoisotopic (exact) mass is 424 g/mol. The predicted molar refractivity (Wildman–Crippen MR) is 119 cm³/mol. The minimum Gasteiger partial charge on any atom is -0.379 e. The van der Waals surface area contributed by atoms with Crippen LogP contribution < -0.4 is 10.6 Å². The lowest BCUT2D eigenvalue weighted by molar-refractivity contribution is 0.195. The van der Waals surface area contributed by atoms with Crippen LogP contribution in [0.2, 0.25) is 0 Å². The Morgan fingerprint density at radius 2 is 1.91 bits per heavy atom. The fourth-order valence-corrected chi connectivity index (χ4v) is 4.30. The number of hydrogen-bond acceptors (Lipinski definition) is 8. The van der Waals surface area contributed by atoms with Gasteiger partial charge in [-0.1, -0.05) is 0 Å². The molecule has 4 heterocycles. The molecule has 0 saturated carbocycles. The van der Waals surface area contributed by atoms with Crippen LogP contribution in [0.5, 0.6) is 0 Å². The summed E-state index contributed by atoms with van der Waals surface area (Å²) in [6, 6.07) is 10.2. The van der Waals surface area contributed by atoms with E-state index in [9.17, 15) is 5.26 Å². The zero-order valence-electron chi connectivity index (χ0n) is 17.2. The minimum atomic E-state index is 0.270. The molecular formula is C23H20N8O. The standard InChI is InChI=1S/C23H20N8O/c24-9-14-1-4-19(18-3-2-17(14)18)31-20-7-21(25-10-15(20)11-28-31)30-23-8-22(26-13-27-23)29-16-5-6-32-12-16/h1,4,7-8,10-11,13,16H,2-3,5-6,12H2,(H2,25,26,27,29,30). The second-order valence-corrected chi connectivity index (χ2v) is 8.00. The lowest BCUT2D eigenvalue weighted by Gasteiger charge is -2.24. The second-order valence-electron chi connectivity index (χ2n) is 8.00. The fraction of sp³-hybridized carbons (Fsp3) is 0.261. The molecule has 1 saturated heterocycles. The molecule has 2 aliphatic rings. The molecule has 1 aliphatic heterocycles. The van der Waals surface area contributed by atoms with Crippen molar-refractivity contribution in [2.24, 2.45) is 0 Å². The Labute approximate surface area is 184 Å². The number of nitrogens with one attached hydrogen (secondary N) is 2. The van der Waals surface area contributed by atoms with Crippen LogP contribution in [0, 0.1) is 11.3 Å². The molecule has 4 aromatic rings. The quantitative estimate of drug-likeness (QED) is 0.502. The maximum atomic E-state index is 9.34. The van der Waals surface area contributed by atoms with Crippen molar-refractivity contribution in [3.8, 4) is 11.8 Å². The molecule has 9 nitrogen and oxygen atoms in total. The number of rotatable bonds is 5. The zero-order chi connectivity index (χ0) is 21.5. The van der Waals surface area contributed by atoms with Crippen LogP contribution in [0.1, 0.15) is 23.1 Å². The Morgan fingerprint density at radius 1 is 1.03 bits per heavy atom. The van der Waals surface area contributed by atoms with Crippen LogP contribution in [-0.2, 0) is 17.6 Å². The first kappa shape index (κ1) is 18.7. The molecule has 1 aliphatic carbocycles. The highest BCUT2D eigenvalue weighted by Gasteiger charge is 2.23. The summed E-state index contributed by atoms with van der Waals surface area (Å²) in [7, 11) is 0. The molecule has 2 N–H and O–H groups in total. The van der Waals surface area contributed by atoms with E-state index in [4.69, 9.17) is 4.74 Å². The van der Waals surface area contributed by atoms with E-state index in [1.807, 2.05) is 35.1 Å². The molecular weight excluding hydrogens is 404 g/mol. The Hall–Kier alpha value is -4.03. The topological polar surface area (TPSA) is 114 Å². The van der Waals surface area contributed by atoms with Gasteiger partial charge in [-0.2, -0.15) is 10.4 Å². The van der Waals surface area contributed by atoms with Gasteiger partial charge < -0.3 is 15.4 Å². The molecule has 0 spiro atoms. The first-order chi connectivity index (χ1) is 15.8. The summed E-state index contributed by atoms with van der Waals surface area (Å²) >= 11 is 0. The summed E-state index contributed by atoms with van der Waals surface area (Å²) in [6.45, 7) is 1.46. The Kier molecular flexibility index (Phi) is 4.44. The lowest BCUT2D eigenvalue weighted by Crippen LogP contribution is -2.19. The van der Waals surface area contributed by atoms with Gasteiger partial charge in [0, 0.05) is 30.3 Å². The van der Waals surface area contributed by atoms with E-state index < -0.39 is 0 Å². The molecule has 1 unspecified atom stereocenters. The summed E-state index contributed by atoms with van der Waals surface area (Å²) in [6.07, 6.45) is 8.00. The van der Waals surface area contributed by atoms with Crippen LogP contribution in [0.3, 0.4) is 0 Å². The number of ether oxygens (including phenoxy) is 1. The van der Waals surface area contributed by atoms with Crippen LogP contribution in [0.4, 0.5) is 17.5 Å². The van der Waals surface area contributed by atoms with Crippen LogP contribution in [0.15, 0.2) is 43.0 Å². The van der Waals surface area contributed by atoms with Gasteiger partial charge in [0.15, 0.2) is 0 Å². The molecule has 1 aromatic carbocycles. The molecule has 32 heavy (non-hydrogen) atoms. The first-order valence-corrected chi connectivity index (χ1v) is 10.6. The summed E-state index contributed by atoms with van der Waals surface area (Å²) < 4.78 is 7.34. The molecule has 9 heteroatoms. The number of hydrogen-bond donors (Lipinski definition) is 2. The van der Waals surface area contributed by atoms with E-state index >= 15 is 0 Å². The molecule has 0 radical (unpaired) electrons. The van der Waals surface area contributed by atoms with Crippen molar-refractivity contribution in [1.82, 2.24) is 24.7 Å². The average Bonchev–Trinajstić information content (AvgIpc) is 3.44. The number of nitriles is 1. The van der Waals surface area contributed by atoms with Crippen molar-refractivity contribution in [2.45, 2.75) is 25.3 Å². The minimum absolute atomic E-state index is 0.270. The van der Waals surface area contributed by atoms with Crippen molar-refractivity contribution in [3.63, 3.8) is 0 Å². The zero-order valence-corrected chi connectivity index (χ0v) is 17.2. The summed E-state index contributed by atoms with van der Waals surface area (Å²) in [5, 5.41) is 21.5. The number of benzene rings is 1. The highest BCUT2D eigenvalue weighted by atomic mass is 16.5. The third kappa shape index (κ3) is 3.21. The maximum absolute atomic E-state index is 9.34. The van der Waals surface area contributed by atoms with Crippen LogP contribution >= 0.6 is 0 Å². The molecule has 0 bridgehead atoms. The van der Waals surface area contributed by atoms with E-state index in [0.717, 1.165) is 59.4 Å². The molecule has 158 valence electrons. The van der Waals surface area contributed by atoms with Gasteiger partial charge in [-0.3, -0.25) is 0 Å². The molecule has 6 rings (SSSR count). The smallest absolute Gasteiger partial charge is 0.137 e. The van der Waals surface area contributed by atoms with Gasteiger partial charge in [0.1, 0.15) is 23.8 Å². The predicted octanol–water partition coefficient (Wildman–Crippen LogP) is 3.13. The van der Waals surface area contributed by atoms with Gasteiger partial charge in [0.25, 0.3) is 0 Å². The van der Waals surface area contributed by atoms with Gasteiger partial charge in [-0.25, -0.2) is 19.6 Å². The second kappa shape index (κ2) is 7.59. The Balaban J connectivity index is 1.30. The van der Waals surface area contributed by atoms with Gasteiger partial charge in [0.2, 0.25) is 0 Å². The van der Waals surface area contributed by atoms with Crippen molar-refractivity contribution < 1.29 is 4.74 Å². The third-order valence-electron chi connectivity index (χ3n) is 6.04. The van der Waals surface area contributed by atoms with E-state index in [1.54, 1.807) is 6.20 Å². The van der Waals surface area contributed by atoms with Crippen molar-refractivity contribution in [3.05, 3.63) is 59.7 Å². The lowest BCUT2D eigenvalue weighted by atomic mass is 9.83. The van der Waals surface area contributed by atoms with Gasteiger partial charge in [-0.05, 0) is 42.5 Å². The molecule has 0 amide bonds. The fourth-order valence-electron chi connectivity index (χ4n) is 4.30. The van der Waals surface area contributed by atoms with E-state index in [1.165, 1.54) is 11.9 Å². The van der Waals surface area contributed by atoms with Crippen LogP contribution in [-0.4, -0.2) is 44.0 Å². The summed E-state index contributed by atoms with van der Waals surface area (Å²) in [5.74, 6) is 2.07. The van der Waals surface area contributed by atoms with E-state index in [-0.39, 0.29) is 6.04 Å². The first-order valence-electron chi connectivity index (χ1n) is 10.6. The molecule has 3 aromatic heterocycles. The molecule has 1 atom stereocenters. The van der Waals surface area contributed by atoms with Gasteiger partial charge >= 0.3 is 0 Å². The van der Waals surface area contributed by atoms with E-state index in [0.29, 0.717) is 18.2 Å². The van der Waals surface area contributed by atoms with Gasteiger partial charge in [-0.15, -0.1) is 0 Å². The SMILES string of the molecule is N#Cc1ccc(-n2ncc3cnc(Nc4cc(NC5CCOC5)ncn4)cc32)c2c1CC2. The normalized spacial score (nSPS) is 16.9. The third-order valence-corrected chi connectivity index (χ3v) is 6.04. The van der Waals surface area contributed by atoms with Crippen LogP contribution in [0.25, 0.3) is 16.6 Å². The van der Waals surface area contributed by atoms with Crippen molar-refractivity contribution in [1.29, 1.82) is 5.26 Å². The number of pyridine rings is 1. The molecule has 1 fully saturated rings. The Morgan fingerprint density at radius 3 is 2.72 bits per heavy atom. The number of aromatic nitrogens is 5. The van der Waals surface area contributed by atoms with Crippen molar-refractivity contribution >= 4 is 28.4 Å².